The number of imide groups is 2. The van der Waals surface area contributed by atoms with Crippen LogP contribution in [0.4, 0.5) is 21.7 Å². The monoisotopic (exact) mass is 826 g/mol. The van der Waals surface area contributed by atoms with Crippen LogP contribution in [0.5, 0.6) is 0 Å². The Morgan fingerprint density at radius 2 is 1.62 bits per heavy atom. The fourth-order valence-electron chi connectivity index (χ4n) is 8.95. The van der Waals surface area contributed by atoms with Crippen molar-refractivity contribution < 1.29 is 28.4 Å². The van der Waals surface area contributed by atoms with E-state index in [0.29, 0.717) is 50.5 Å². The zero-order valence-corrected chi connectivity index (χ0v) is 33.8. The molecule has 61 heavy (non-hydrogen) atoms. The molecule has 9 rings (SSSR count). The van der Waals surface area contributed by atoms with Gasteiger partial charge >= 0.3 is 0 Å². The van der Waals surface area contributed by atoms with Crippen molar-refractivity contribution in [1.82, 2.24) is 34.7 Å². The maximum atomic E-state index is 14.1. The molecule has 0 aliphatic carbocycles. The molecule has 0 radical (unpaired) electrons. The Bertz CT molecular complexity index is 2520. The summed E-state index contributed by atoms with van der Waals surface area (Å²) in [6.45, 7) is 4.09. The van der Waals surface area contributed by atoms with E-state index in [0.717, 1.165) is 78.6 Å². The highest BCUT2D eigenvalue weighted by atomic mass is 19.1. The Kier molecular flexibility index (Phi) is 11.1. The number of carbonyl (C=O) groups excluding carboxylic acids is 5. The van der Waals surface area contributed by atoms with Crippen LogP contribution in [0.15, 0.2) is 79.0 Å². The van der Waals surface area contributed by atoms with Crippen LogP contribution in [-0.4, -0.2) is 104 Å². The van der Waals surface area contributed by atoms with Crippen molar-refractivity contribution in [2.24, 2.45) is 0 Å². The van der Waals surface area contributed by atoms with Gasteiger partial charge in [-0.05, 0) is 92.3 Å². The summed E-state index contributed by atoms with van der Waals surface area (Å²) >= 11 is 0. The molecule has 7 heterocycles. The molecule has 3 aromatic heterocycles. The first-order valence-electron chi connectivity index (χ1n) is 21.2. The summed E-state index contributed by atoms with van der Waals surface area (Å²) in [7, 11) is 0. The molecule has 2 unspecified atom stereocenters. The molecular formula is C45H47FN10O5. The number of benzene rings is 2. The van der Waals surface area contributed by atoms with E-state index in [1.54, 1.807) is 36.5 Å². The molecule has 3 saturated heterocycles. The molecule has 2 aromatic carbocycles. The van der Waals surface area contributed by atoms with Gasteiger partial charge in [0.1, 0.15) is 29.2 Å². The zero-order valence-electron chi connectivity index (χ0n) is 33.8. The highest BCUT2D eigenvalue weighted by Crippen LogP contribution is 2.36. The van der Waals surface area contributed by atoms with Crippen LogP contribution < -0.4 is 20.4 Å². The number of piperidine rings is 1. The number of amides is 5. The number of unbranched alkanes of at least 4 members (excludes halogenated alkanes) is 3. The van der Waals surface area contributed by atoms with E-state index in [2.05, 4.69) is 25.4 Å². The SMILES string of the molecule is O=C1CCC(N2C(=O)c3ccc(NCCCCCCC(=O)N4CCN(c5cccc(-c6cnc7ccc(N8CCCC8c8cccc(F)c8)nn67)n5)CC4)cc3C2=O)C(=O)N1. The summed E-state index contributed by atoms with van der Waals surface area (Å²) in [5.41, 5.74) is 4.40. The number of imidazole rings is 1. The molecule has 3 fully saturated rings. The Morgan fingerprint density at radius 1 is 0.803 bits per heavy atom. The number of pyridine rings is 1. The summed E-state index contributed by atoms with van der Waals surface area (Å²) in [6, 6.07) is 20.7. The highest BCUT2D eigenvalue weighted by Gasteiger charge is 2.44. The van der Waals surface area contributed by atoms with Crippen LogP contribution in [0.2, 0.25) is 0 Å². The number of nitrogens with one attached hydrogen (secondary N) is 2. The lowest BCUT2D eigenvalue weighted by Crippen LogP contribution is -2.54. The van der Waals surface area contributed by atoms with Crippen LogP contribution in [0, 0.1) is 5.82 Å². The summed E-state index contributed by atoms with van der Waals surface area (Å²) < 4.78 is 15.9. The van der Waals surface area contributed by atoms with Gasteiger partial charge < -0.3 is 20.0 Å². The number of halogens is 1. The fourth-order valence-corrected chi connectivity index (χ4v) is 8.95. The van der Waals surface area contributed by atoms with E-state index in [9.17, 15) is 28.4 Å². The van der Waals surface area contributed by atoms with E-state index in [1.165, 1.54) is 6.07 Å². The van der Waals surface area contributed by atoms with Gasteiger partial charge in [0, 0.05) is 57.8 Å². The smallest absolute Gasteiger partial charge is 0.262 e. The quantitative estimate of drug-likeness (QED) is 0.116. The summed E-state index contributed by atoms with van der Waals surface area (Å²) in [6.07, 6.45) is 7.91. The third kappa shape index (κ3) is 8.13. The molecule has 314 valence electrons. The van der Waals surface area contributed by atoms with Crippen molar-refractivity contribution in [3.8, 4) is 11.4 Å². The predicted molar refractivity (Wildman–Crippen MR) is 225 cm³/mol. The second-order valence-corrected chi connectivity index (χ2v) is 16.1. The van der Waals surface area contributed by atoms with Crippen molar-refractivity contribution in [2.45, 2.75) is 69.9 Å². The fraction of sp³-hybridized carbons (Fsp3) is 0.378. The van der Waals surface area contributed by atoms with Gasteiger partial charge in [0.2, 0.25) is 17.7 Å². The molecule has 5 aromatic rings. The third-order valence-corrected chi connectivity index (χ3v) is 12.2. The lowest BCUT2D eigenvalue weighted by atomic mass is 10.0. The minimum atomic E-state index is -0.992. The lowest BCUT2D eigenvalue weighted by Gasteiger charge is -2.35. The maximum Gasteiger partial charge on any atom is 0.262 e. The van der Waals surface area contributed by atoms with Gasteiger partial charge in [0.15, 0.2) is 5.65 Å². The number of fused-ring (bicyclic) bond motifs is 2. The average molecular weight is 827 g/mol. The molecule has 16 heteroatoms. The summed E-state index contributed by atoms with van der Waals surface area (Å²) in [5.74, 6) is -0.521. The van der Waals surface area contributed by atoms with E-state index < -0.39 is 29.7 Å². The minimum Gasteiger partial charge on any atom is -0.385 e. The van der Waals surface area contributed by atoms with Gasteiger partial charge in [-0.1, -0.05) is 31.0 Å². The molecule has 2 atom stereocenters. The summed E-state index contributed by atoms with van der Waals surface area (Å²) in [4.78, 5) is 80.1. The second-order valence-electron chi connectivity index (χ2n) is 16.1. The van der Waals surface area contributed by atoms with Crippen LogP contribution in [0.3, 0.4) is 0 Å². The minimum absolute atomic E-state index is 0.0486. The molecule has 5 amide bonds. The first kappa shape index (κ1) is 39.7. The van der Waals surface area contributed by atoms with Crippen LogP contribution in [-0.2, 0) is 14.4 Å². The van der Waals surface area contributed by atoms with Crippen molar-refractivity contribution in [3.05, 3.63) is 102 Å². The van der Waals surface area contributed by atoms with Gasteiger partial charge in [-0.15, -0.1) is 5.10 Å². The molecule has 0 saturated carbocycles. The predicted octanol–water partition coefficient (Wildman–Crippen LogP) is 5.38. The third-order valence-electron chi connectivity index (χ3n) is 12.2. The topological polar surface area (TPSA) is 165 Å². The van der Waals surface area contributed by atoms with E-state index in [4.69, 9.17) is 10.1 Å². The lowest BCUT2D eigenvalue weighted by molar-refractivity contribution is -0.136. The number of anilines is 3. The molecule has 0 bridgehead atoms. The van der Waals surface area contributed by atoms with Crippen LogP contribution in [0.25, 0.3) is 17.0 Å². The van der Waals surface area contributed by atoms with Crippen molar-refractivity contribution >= 4 is 52.5 Å². The van der Waals surface area contributed by atoms with E-state index in [1.807, 2.05) is 45.8 Å². The molecule has 4 aliphatic rings. The Morgan fingerprint density at radius 3 is 2.46 bits per heavy atom. The molecule has 15 nitrogen and oxygen atoms in total. The van der Waals surface area contributed by atoms with Crippen LogP contribution in [0.1, 0.15) is 90.1 Å². The summed E-state index contributed by atoms with van der Waals surface area (Å²) in [5, 5.41) is 10.5. The zero-order chi connectivity index (χ0) is 42.0. The van der Waals surface area contributed by atoms with Gasteiger partial charge in [-0.25, -0.2) is 18.9 Å². The van der Waals surface area contributed by atoms with Gasteiger partial charge in [-0.2, -0.15) is 0 Å². The van der Waals surface area contributed by atoms with Crippen molar-refractivity contribution in [3.63, 3.8) is 0 Å². The van der Waals surface area contributed by atoms with Crippen molar-refractivity contribution in [2.75, 3.05) is 54.4 Å². The normalized spacial score (nSPS) is 19.2. The second kappa shape index (κ2) is 17.1. The average Bonchev–Trinajstić information content (AvgIpc) is 4.00. The molecule has 2 N–H and O–H groups in total. The number of piperazine rings is 1. The first-order chi connectivity index (χ1) is 29.7. The highest BCUT2D eigenvalue weighted by molar-refractivity contribution is 6.23. The van der Waals surface area contributed by atoms with Gasteiger partial charge in [-0.3, -0.25) is 34.2 Å². The van der Waals surface area contributed by atoms with Crippen molar-refractivity contribution in [1.29, 1.82) is 0 Å². The molecular weight excluding hydrogens is 780 g/mol. The molecule has 4 aliphatic heterocycles. The number of rotatable bonds is 13. The number of aromatic nitrogens is 4. The Hall–Kier alpha value is -6.71. The number of hydrogen-bond acceptors (Lipinski definition) is 11. The first-order valence-corrected chi connectivity index (χ1v) is 21.2. The number of nitrogens with zero attached hydrogens (tertiary/aromatic N) is 8. The molecule has 0 spiro atoms. The maximum absolute atomic E-state index is 14.1. The number of carbonyl (C=O) groups is 5. The van der Waals surface area contributed by atoms with Gasteiger partial charge in [0.05, 0.1) is 29.1 Å². The van der Waals surface area contributed by atoms with E-state index >= 15 is 0 Å². The largest absolute Gasteiger partial charge is 0.385 e. The Labute approximate surface area is 351 Å². The Balaban J connectivity index is 0.721. The van der Waals surface area contributed by atoms with E-state index in [-0.39, 0.29) is 41.7 Å². The van der Waals surface area contributed by atoms with Gasteiger partial charge in [0.25, 0.3) is 11.8 Å². The standard InChI is InChI=1S/C45H47FN10O5/c46-30-9-5-8-29(26-30)35-11-7-21-54(35)40-18-17-38-48-28-37(56(38)51-40)34-10-6-12-39(49-34)52-22-24-53(25-23-52)42(58)13-3-1-2-4-20-47-31-14-15-32-33(27-31)45(61)55(44(32)60)36-16-19-41(57)50-43(36)59/h5-6,8-10,12,14-15,17-18,26-28,35-36,47H,1-4,7,11,13,16,19-25H2,(H,50,57,59). The van der Waals surface area contributed by atoms with Crippen LogP contribution >= 0.6 is 0 Å². The number of hydrogen-bond donors (Lipinski definition) is 2.